The molecule has 0 fully saturated rings. The maximum absolute atomic E-state index is 12.4. The zero-order valence-corrected chi connectivity index (χ0v) is 17.2. The van der Waals surface area contributed by atoms with E-state index in [0.29, 0.717) is 17.9 Å². The second-order valence-electron chi connectivity index (χ2n) is 5.25. The Morgan fingerprint density at radius 2 is 1.36 bits per heavy atom. The number of carbonyl (C=O) groups is 2. The number of ether oxygens (including phenoxy) is 2. The predicted molar refractivity (Wildman–Crippen MR) is 97.7 cm³/mol. The molecule has 28 heavy (non-hydrogen) atoms. The highest BCUT2D eigenvalue weighted by molar-refractivity contribution is 6.44. The number of nitrogens with zero attached hydrogens (tertiary/aromatic N) is 4. The van der Waals surface area contributed by atoms with Gasteiger partial charge in [-0.15, -0.1) is 0 Å². The van der Waals surface area contributed by atoms with Crippen LogP contribution >= 0.6 is 23.2 Å². The normalized spacial score (nSPS) is 10.6. The van der Waals surface area contributed by atoms with Crippen LogP contribution in [-0.4, -0.2) is 44.7 Å². The zero-order chi connectivity index (χ0) is 21.4. The summed E-state index contributed by atoms with van der Waals surface area (Å²) in [5.41, 5.74) is -0.0751. The van der Waals surface area contributed by atoms with Gasteiger partial charge in [0.2, 0.25) is 0 Å². The standard InChI is InChI=1S/C8H10Cl2N2O2.C8H10F2N2O2/c2*1-3-14-8(13)5-4-12(2)11-6(5)7(9)10/h2*4,7H,3H2,1-2H3. The zero-order valence-electron chi connectivity index (χ0n) is 15.7. The lowest BCUT2D eigenvalue weighted by molar-refractivity contribution is 0.0510. The van der Waals surface area contributed by atoms with Crippen molar-refractivity contribution >= 4 is 35.1 Å². The molecule has 0 N–H and O–H groups in total. The third-order valence-electron chi connectivity index (χ3n) is 3.12. The molecule has 12 heteroatoms. The molecule has 0 aliphatic rings. The van der Waals surface area contributed by atoms with Crippen molar-refractivity contribution in [1.82, 2.24) is 19.6 Å². The largest absolute Gasteiger partial charge is 0.462 e. The van der Waals surface area contributed by atoms with Crippen molar-refractivity contribution in [2.24, 2.45) is 14.1 Å². The first kappa shape index (κ1) is 23.8. The van der Waals surface area contributed by atoms with E-state index < -0.39 is 28.9 Å². The molecule has 2 rings (SSSR count). The number of esters is 2. The number of carbonyl (C=O) groups excluding carboxylic acids is 2. The van der Waals surface area contributed by atoms with Crippen molar-refractivity contribution in [1.29, 1.82) is 0 Å². The molecule has 8 nitrogen and oxygen atoms in total. The van der Waals surface area contributed by atoms with E-state index in [0.717, 1.165) is 4.68 Å². The smallest absolute Gasteiger partial charge is 0.341 e. The maximum Gasteiger partial charge on any atom is 0.341 e. The molecular formula is C16H20Cl2F2N4O4. The van der Waals surface area contributed by atoms with Crippen LogP contribution in [0.25, 0.3) is 0 Å². The van der Waals surface area contributed by atoms with Gasteiger partial charge in [-0.05, 0) is 13.8 Å². The van der Waals surface area contributed by atoms with Crippen molar-refractivity contribution in [3.63, 3.8) is 0 Å². The summed E-state index contributed by atoms with van der Waals surface area (Å²) >= 11 is 11.3. The molecule has 0 spiro atoms. The van der Waals surface area contributed by atoms with Crippen LogP contribution in [0.2, 0.25) is 0 Å². The van der Waals surface area contributed by atoms with Gasteiger partial charge in [-0.1, -0.05) is 23.2 Å². The Hall–Kier alpha value is -2.20. The SMILES string of the molecule is CCOC(=O)c1cn(C)nc1C(Cl)Cl.CCOC(=O)c1cn(C)nc1C(F)F. The van der Waals surface area contributed by atoms with E-state index in [1.54, 1.807) is 20.9 Å². The Kier molecular flexibility index (Phi) is 9.33. The number of hydrogen-bond donors (Lipinski definition) is 0. The third-order valence-corrected chi connectivity index (χ3v) is 3.53. The predicted octanol–water partition coefficient (Wildman–Crippen LogP) is 3.61. The molecule has 2 aromatic heterocycles. The summed E-state index contributed by atoms with van der Waals surface area (Å²) in [4.78, 5) is 21.7. The van der Waals surface area contributed by atoms with Gasteiger partial charge in [-0.2, -0.15) is 10.2 Å². The van der Waals surface area contributed by atoms with Gasteiger partial charge in [0, 0.05) is 26.5 Å². The Morgan fingerprint density at radius 3 is 1.71 bits per heavy atom. The lowest BCUT2D eigenvalue weighted by Gasteiger charge is -2.01. The van der Waals surface area contributed by atoms with Gasteiger partial charge in [0.05, 0.1) is 13.2 Å². The number of aryl methyl sites for hydroxylation is 2. The van der Waals surface area contributed by atoms with Crippen LogP contribution in [0.1, 0.15) is 57.2 Å². The van der Waals surface area contributed by atoms with Crippen molar-refractivity contribution in [3.05, 3.63) is 34.9 Å². The van der Waals surface area contributed by atoms with Gasteiger partial charge in [0.15, 0.2) is 4.84 Å². The average Bonchev–Trinajstić information content (AvgIpc) is 3.19. The molecule has 0 saturated carbocycles. The lowest BCUT2D eigenvalue weighted by Crippen LogP contribution is -2.06. The van der Waals surface area contributed by atoms with Crippen molar-refractivity contribution in [2.45, 2.75) is 25.1 Å². The van der Waals surface area contributed by atoms with E-state index in [4.69, 9.17) is 27.9 Å². The van der Waals surface area contributed by atoms with Crippen molar-refractivity contribution in [3.8, 4) is 0 Å². The van der Waals surface area contributed by atoms with Gasteiger partial charge < -0.3 is 9.47 Å². The minimum absolute atomic E-state index is 0.149. The summed E-state index contributed by atoms with van der Waals surface area (Å²) in [6, 6.07) is 0. The molecule has 156 valence electrons. The number of alkyl halides is 4. The maximum atomic E-state index is 12.4. The summed E-state index contributed by atoms with van der Waals surface area (Å²) in [6.45, 7) is 3.79. The molecule has 0 radical (unpaired) electrons. The molecule has 0 bridgehead atoms. The highest BCUT2D eigenvalue weighted by Crippen LogP contribution is 2.26. The minimum Gasteiger partial charge on any atom is -0.462 e. The highest BCUT2D eigenvalue weighted by atomic mass is 35.5. The van der Waals surface area contributed by atoms with Gasteiger partial charge in [-0.3, -0.25) is 9.36 Å². The van der Waals surface area contributed by atoms with Gasteiger partial charge >= 0.3 is 11.9 Å². The van der Waals surface area contributed by atoms with E-state index in [1.165, 1.54) is 24.1 Å². The summed E-state index contributed by atoms with van der Waals surface area (Å²) in [7, 11) is 3.15. The van der Waals surface area contributed by atoms with Crippen LogP contribution in [0, 0.1) is 0 Å². The van der Waals surface area contributed by atoms with E-state index >= 15 is 0 Å². The summed E-state index contributed by atoms with van der Waals surface area (Å²) < 4.78 is 36.8. The Labute approximate surface area is 170 Å². The third kappa shape index (κ3) is 6.45. The molecule has 2 heterocycles. The molecule has 0 saturated heterocycles. The highest BCUT2D eigenvalue weighted by Gasteiger charge is 2.23. The molecular weight excluding hydrogens is 421 g/mol. The molecule has 0 aromatic carbocycles. The molecule has 0 aliphatic carbocycles. The van der Waals surface area contributed by atoms with E-state index in [1.807, 2.05) is 0 Å². The second kappa shape index (κ2) is 11.0. The molecule has 2 aromatic rings. The molecule has 0 amide bonds. The first-order valence-corrected chi connectivity index (χ1v) is 8.97. The van der Waals surface area contributed by atoms with Gasteiger partial charge in [0.25, 0.3) is 6.43 Å². The van der Waals surface area contributed by atoms with Crippen LogP contribution in [0.4, 0.5) is 8.78 Å². The van der Waals surface area contributed by atoms with Crippen LogP contribution in [0.5, 0.6) is 0 Å². The lowest BCUT2D eigenvalue weighted by atomic mass is 10.2. The second-order valence-corrected chi connectivity index (χ2v) is 6.34. The monoisotopic (exact) mass is 440 g/mol. The average molecular weight is 441 g/mol. The van der Waals surface area contributed by atoms with Crippen LogP contribution in [-0.2, 0) is 23.6 Å². The van der Waals surface area contributed by atoms with Crippen LogP contribution < -0.4 is 0 Å². The fraction of sp³-hybridized carbons (Fsp3) is 0.500. The first-order valence-electron chi connectivity index (χ1n) is 8.09. The fourth-order valence-corrected chi connectivity index (χ4v) is 2.39. The summed E-state index contributed by atoms with van der Waals surface area (Å²) in [6.07, 6.45) is -0.0134. The van der Waals surface area contributed by atoms with E-state index in [-0.39, 0.29) is 12.2 Å². The molecule has 0 unspecified atom stereocenters. The Balaban J connectivity index is 0.000000280. The summed E-state index contributed by atoms with van der Waals surface area (Å²) in [5, 5.41) is 7.44. The quantitative estimate of drug-likeness (QED) is 0.503. The van der Waals surface area contributed by atoms with E-state index in [2.05, 4.69) is 14.9 Å². The Morgan fingerprint density at radius 1 is 0.964 bits per heavy atom. The van der Waals surface area contributed by atoms with Crippen molar-refractivity contribution in [2.75, 3.05) is 13.2 Å². The Bertz CT molecular complexity index is 742. The van der Waals surface area contributed by atoms with Crippen LogP contribution in [0.15, 0.2) is 12.4 Å². The summed E-state index contributed by atoms with van der Waals surface area (Å²) in [5.74, 6) is -1.22. The molecule has 0 atom stereocenters. The first-order chi connectivity index (χ1) is 13.1. The van der Waals surface area contributed by atoms with Crippen LogP contribution in [0.3, 0.4) is 0 Å². The van der Waals surface area contributed by atoms with Crippen molar-refractivity contribution < 1.29 is 27.8 Å². The fourth-order valence-electron chi connectivity index (χ4n) is 2.07. The van der Waals surface area contributed by atoms with Gasteiger partial charge in [0.1, 0.15) is 22.5 Å². The van der Waals surface area contributed by atoms with E-state index in [9.17, 15) is 18.4 Å². The number of aromatic nitrogens is 4. The minimum atomic E-state index is -2.77. The topological polar surface area (TPSA) is 88.2 Å². The van der Waals surface area contributed by atoms with Gasteiger partial charge in [-0.25, -0.2) is 18.4 Å². The molecule has 0 aliphatic heterocycles. The number of hydrogen-bond acceptors (Lipinski definition) is 6. The number of rotatable bonds is 6. The number of halogens is 4.